The third kappa shape index (κ3) is 3.11. The molecule has 0 spiro atoms. The molecule has 0 aromatic heterocycles. The van der Waals surface area contributed by atoms with Gasteiger partial charge < -0.3 is 10.2 Å². The van der Waals surface area contributed by atoms with Crippen LogP contribution >= 0.6 is 15.9 Å². The van der Waals surface area contributed by atoms with Gasteiger partial charge >= 0.3 is 0 Å². The first-order valence-electron chi connectivity index (χ1n) is 11.3. The Morgan fingerprint density at radius 3 is 2.69 bits per heavy atom. The van der Waals surface area contributed by atoms with Crippen LogP contribution in [0.3, 0.4) is 0 Å². The van der Waals surface area contributed by atoms with Gasteiger partial charge in [0.2, 0.25) is 0 Å². The zero-order chi connectivity index (χ0) is 20.4. The summed E-state index contributed by atoms with van der Waals surface area (Å²) in [6.07, 6.45) is 11.6. The van der Waals surface area contributed by atoms with Crippen molar-refractivity contribution in [2.24, 2.45) is 28.6 Å². The average molecular weight is 457 g/mol. The fraction of sp³-hybridized carbons (Fsp3) is 0.615. The maximum Gasteiger partial charge on any atom is 0.0809 e. The fourth-order valence-electron chi connectivity index (χ4n) is 7.45. The molecule has 0 heterocycles. The van der Waals surface area contributed by atoms with Crippen molar-refractivity contribution in [2.45, 2.75) is 71.0 Å². The van der Waals surface area contributed by atoms with Gasteiger partial charge in [0.15, 0.2) is 0 Å². The van der Waals surface area contributed by atoms with Crippen LogP contribution in [0.25, 0.3) is 6.08 Å². The highest BCUT2D eigenvalue weighted by molar-refractivity contribution is 9.10. The maximum atomic E-state index is 11.4. The summed E-state index contributed by atoms with van der Waals surface area (Å²) in [5.74, 6) is 1.91. The van der Waals surface area contributed by atoms with Gasteiger partial charge in [-0.15, -0.1) is 0 Å². The molecule has 0 unspecified atom stereocenters. The lowest BCUT2D eigenvalue weighted by Crippen LogP contribution is -2.51. The van der Waals surface area contributed by atoms with Crippen LogP contribution in [0.15, 0.2) is 46.0 Å². The Morgan fingerprint density at radius 2 is 1.90 bits per heavy atom. The second-order valence-corrected chi connectivity index (χ2v) is 11.5. The summed E-state index contributed by atoms with van der Waals surface area (Å²) in [6.45, 7) is 4.81. The summed E-state index contributed by atoms with van der Waals surface area (Å²) < 4.78 is 1.08. The molecule has 2 nitrogen and oxygen atoms in total. The SMILES string of the molecule is C[C@]12CC[C@H]3[C@@H](CC=C4C[C@@H](O)CC[C@@]43C)[C@@H]1C/C(=C\c1cccc(Br)c1)[C@H]2O. The van der Waals surface area contributed by atoms with Crippen molar-refractivity contribution >= 4 is 22.0 Å². The van der Waals surface area contributed by atoms with Gasteiger partial charge in [0, 0.05) is 9.89 Å². The number of hydrogen-bond acceptors (Lipinski definition) is 2. The summed E-state index contributed by atoms with van der Waals surface area (Å²) in [6, 6.07) is 8.37. The minimum atomic E-state index is -0.334. The first-order valence-corrected chi connectivity index (χ1v) is 12.1. The van der Waals surface area contributed by atoms with E-state index in [1.807, 2.05) is 6.07 Å². The summed E-state index contributed by atoms with van der Waals surface area (Å²) in [4.78, 5) is 0. The molecule has 1 aromatic rings. The summed E-state index contributed by atoms with van der Waals surface area (Å²) in [7, 11) is 0. The van der Waals surface area contributed by atoms with Gasteiger partial charge in [-0.05, 0) is 91.4 Å². The smallest absolute Gasteiger partial charge is 0.0809 e. The number of aliphatic hydroxyl groups excluding tert-OH is 2. The summed E-state index contributed by atoms with van der Waals surface area (Å²) in [5.41, 5.74) is 4.16. The van der Waals surface area contributed by atoms with E-state index < -0.39 is 0 Å². The third-order valence-electron chi connectivity index (χ3n) is 9.15. The number of halogens is 1. The van der Waals surface area contributed by atoms with E-state index in [0.717, 1.165) is 43.0 Å². The van der Waals surface area contributed by atoms with Crippen molar-refractivity contribution < 1.29 is 10.2 Å². The minimum absolute atomic E-state index is 0.00506. The number of rotatable bonds is 1. The molecule has 5 rings (SSSR count). The van der Waals surface area contributed by atoms with Crippen LogP contribution in [0.5, 0.6) is 0 Å². The van der Waals surface area contributed by atoms with Crippen LogP contribution in [-0.4, -0.2) is 22.4 Å². The molecule has 3 fully saturated rings. The monoisotopic (exact) mass is 456 g/mol. The molecule has 4 aliphatic rings. The quantitative estimate of drug-likeness (QED) is 0.499. The topological polar surface area (TPSA) is 40.5 Å². The largest absolute Gasteiger partial charge is 0.393 e. The highest BCUT2D eigenvalue weighted by atomic mass is 79.9. The maximum absolute atomic E-state index is 11.4. The lowest BCUT2D eigenvalue weighted by molar-refractivity contribution is -0.0685. The molecule has 0 bridgehead atoms. The highest BCUT2D eigenvalue weighted by Gasteiger charge is 2.59. The molecule has 2 N–H and O–H groups in total. The molecule has 0 saturated heterocycles. The molecule has 7 atom stereocenters. The van der Waals surface area contributed by atoms with Crippen LogP contribution < -0.4 is 0 Å². The van der Waals surface area contributed by atoms with Crippen LogP contribution in [0.4, 0.5) is 0 Å². The van der Waals surface area contributed by atoms with Crippen LogP contribution in [0.2, 0.25) is 0 Å². The number of aliphatic hydroxyl groups is 2. The van der Waals surface area contributed by atoms with Gasteiger partial charge in [0.1, 0.15) is 0 Å². The summed E-state index contributed by atoms with van der Waals surface area (Å²) in [5, 5.41) is 21.6. The van der Waals surface area contributed by atoms with Crippen LogP contribution in [-0.2, 0) is 0 Å². The molecular weight excluding hydrogens is 424 g/mol. The van der Waals surface area contributed by atoms with Crippen LogP contribution in [0, 0.1) is 28.6 Å². The average Bonchev–Trinajstić information content (AvgIpc) is 2.93. The van der Waals surface area contributed by atoms with Gasteiger partial charge in [-0.2, -0.15) is 0 Å². The van der Waals surface area contributed by atoms with Crippen molar-refractivity contribution in [1.29, 1.82) is 0 Å². The second kappa shape index (κ2) is 7.07. The molecule has 156 valence electrons. The molecule has 29 heavy (non-hydrogen) atoms. The standard InChI is InChI=1S/C26H33BrO2/c1-25-10-8-20(28)15-18(25)6-7-21-22(25)9-11-26(2)23(21)14-17(24(26)29)12-16-4-3-5-19(27)13-16/h3-6,12-13,20-24,28-29H,7-11,14-15H2,1-2H3/b17-12+/t20-,21+,22-,23-,24+,25-,26-/m0/s1. The van der Waals surface area contributed by atoms with Crippen molar-refractivity contribution in [3.05, 3.63) is 51.5 Å². The van der Waals surface area contributed by atoms with Crippen molar-refractivity contribution in [3.8, 4) is 0 Å². The van der Waals surface area contributed by atoms with Gasteiger partial charge in [-0.25, -0.2) is 0 Å². The fourth-order valence-corrected chi connectivity index (χ4v) is 7.87. The molecule has 0 radical (unpaired) electrons. The molecule has 1 aromatic carbocycles. The van der Waals surface area contributed by atoms with E-state index in [-0.39, 0.29) is 23.0 Å². The molecule has 0 aliphatic heterocycles. The minimum Gasteiger partial charge on any atom is -0.393 e. The number of benzene rings is 1. The number of hydrogen-bond donors (Lipinski definition) is 2. The predicted octanol–water partition coefficient (Wildman–Crippen LogP) is 6.13. The Kier molecular flexibility index (Phi) is 4.88. The van der Waals surface area contributed by atoms with Gasteiger partial charge in [-0.1, -0.05) is 59.6 Å². The zero-order valence-electron chi connectivity index (χ0n) is 17.6. The van der Waals surface area contributed by atoms with E-state index in [4.69, 9.17) is 0 Å². The van der Waals surface area contributed by atoms with E-state index in [0.29, 0.717) is 17.8 Å². The highest BCUT2D eigenvalue weighted by Crippen LogP contribution is 2.65. The van der Waals surface area contributed by atoms with Gasteiger partial charge in [0.05, 0.1) is 12.2 Å². The predicted molar refractivity (Wildman–Crippen MR) is 121 cm³/mol. The Bertz CT molecular complexity index is 873. The van der Waals surface area contributed by atoms with Gasteiger partial charge in [-0.3, -0.25) is 0 Å². The van der Waals surface area contributed by atoms with Gasteiger partial charge in [0.25, 0.3) is 0 Å². The Balaban J connectivity index is 1.47. The first-order chi connectivity index (χ1) is 13.8. The first kappa shape index (κ1) is 20.0. The third-order valence-corrected chi connectivity index (χ3v) is 9.64. The second-order valence-electron chi connectivity index (χ2n) is 10.6. The van der Waals surface area contributed by atoms with Crippen LogP contribution in [0.1, 0.15) is 64.4 Å². The van der Waals surface area contributed by atoms with E-state index in [1.165, 1.54) is 23.1 Å². The lowest BCUT2D eigenvalue weighted by Gasteiger charge is -2.57. The van der Waals surface area contributed by atoms with Crippen molar-refractivity contribution in [1.82, 2.24) is 0 Å². The summed E-state index contributed by atoms with van der Waals surface area (Å²) >= 11 is 3.57. The Labute approximate surface area is 183 Å². The number of fused-ring (bicyclic) bond motifs is 5. The number of allylic oxidation sites excluding steroid dienone is 1. The molecule has 4 aliphatic carbocycles. The normalized spacial score (nSPS) is 45.3. The van der Waals surface area contributed by atoms with E-state index >= 15 is 0 Å². The Morgan fingerprint density at radius 1 is 1.07 bits per heavy atom. The van der Waals surface area contributed by atoms with E-state index in [1.54, 1.807) is 0 Å². The van der Waals surface area contributed by atoms with E-state index in [2.05, 4.69) is 60.1 Å². The molecular formula is C26H33BrO2. The van der Waals surface area contributed by atoms with Crippen molar-refractivity contribution in [2.75, 3.05) is 0 Å². The van der Waals surface area contributed by atoms with Crippen molar-refractivity contribution in [3.63, 3.8) is 0 Å². The molecule has 3 saturated carbocycles. The molecule has 3 heteroatoms. The zero-order valence-corrected chi connectivity index (χ0v) is 19.2. The molecule has 0 amide bonds. The van der Waals surface area contributed by atoms with E-state index in [9.17, 15) is 10.2 Å². The Hall–Kier alpha value is -0.900. The lowest BCUT2D eigenvalue weighted by atomic mass is 9.48.